The lowest BCUT2D eigenvalue weighted by molar-refractivity contribution is -0.137. The van der Waals surface area contributed by atoms with Crippen LogP contribution in [0.15, 0.2) is 29.2 Å². The number of amides is 2. The van der Waals surface area contributed by atoms with E-state index in [2.05, 4.69) is 10.0 Å². The van der Waals surface area contributed by atoms with Crippen LogP contribution in [-0.4, -0.2) is 50.8 Å². The number of carbonyl (C=O) groups excluding carboxylic acids is 2. The van der Waals surface area contributed by atoms with Gasteiger partial charge >= 0.3 is 0 Å². The van der Waals surface area contributed by atoms with E-state index >= 15 is 0 Å². The van der Waals surface area contributed by atoms with Gasteiger partial charge in [0.25, 0.3) is 0 Å². The molecule has 9 heteroatoms. The van der Waals surface area contributed by atoms with Crippen molar-refractivity contribution in [1.82, 2.24) is 14.9 Å². The third-order valence-corrected chi connectivity index (χ3v) is 8.24. The molecule has 1 aromatic carbocycles. The number of hydrogen-bond acceptors (Lipinski definition) is 4. The molecule has 3 rings (SSSR count). The van der Waals surface area contributed by atoms with E-state index in [1.807, 2.05) is 4.90 Å². The fraction of sp³-hybridized carbons (Fsp3) is 0.652. The number of nitrogens with zero attached hydrogens (tertiary/aromatic N) is 1. The van der Waals surface area contributed by atoms with Crippen LogP contribution in [0, 0.1) is 11.8 Å². The summed E-state index contributed by atoms with van der Waals surface area (Å²) in [4.78, 5) is 27.4. The second kappa shape index (κ2) is 11.5. The zero-order chi connectivity index (χ0) is 23.1. The molecule has 32 heavy (non-hydrogen) atoms. The smallest absolute Gasteiger partial charge is 0.244 e. The fourth-order valence-corrected chi connectivity index (χ4v) is 5.75. The molecule has 0 aromatic heterocycles. The lowest BCUT2D eigenvalue weighted by Gasteiger charge is -2.30. The van der Waals surface area contributed by atoms with E-state index in [4.69, 9.17) is 11.6 Å². The second-order valence-electron chi connectivity index (χ2n) is 8.99. The molecule has 7 nitrogen and oxygen atoms in total. The molecule has 0 bridgehead atoms. The quantitative estimate of drug-likeness (QED) is 0.621. The number of benzene rings is 1. The van der Waals surface area contributed by atoms with Crippen molar-refractivity contribution in [2.75, 3.05) is 19.6 Å². The highest BCUT2D eigenvalue weighted by atomic mass is 35.5. The molecule has 178 valence electrons. The molecule has 1 heterocycles. The van der Waals surface area contributed by atoms with Crippen LogP contribution in [0.2, 0.25) is 5.02 Å². The third-order valence-electron chi connectivity index (χ3n) is 6.55. The summed E-state index contributed by atoms with van der Waals surface area (Å²) in [5, 5.41) is 3.40. The Kier molecular flexibility index (Phi) is 8.96. The second-order valence-corrected chi connectivity index (χ2v) is 11.2. The minimum atomic E-state index is -3.58. The Labute approximate surface area is 196 Å². The first-order valence-electron chi connectivity index (χ1n) is 11.6. The Morgan fingerprint density at radius 2 is 1.62 bits per heavy atom. The molecule has 1 saturated carbocycles. The number of rotatable bonds is 7. The molecule has 0 spiro atoms. The number of likely N-dealkylation sites (tertiary alicyclic amines) is 1. The van der Waals surface area contributed by atoms with Crippen LogP contribution < -0.4 is 10.0 Å². The zero-order valence-corrected chi connectivity index (χ0v) is 20.3. The van der Waals surface area contributed by atoms with Gasteiger partial charge in [0.1, 0.15) is 6.04 Å². The van der Waals surface area contributed by atoms with Crippen molar-refractivity contribution in [2.45, 2.75) is 69.2 Å². The van der Waals surface area contributed by atoms with Gasteiger partial charge < -0.3 is 10.2 Å². The molecule has 2 aliphatic rings. The third kappa shape index (κ3) is 6.93. The van der Waals surface area contributed by atoms with Crippen molar-refractivity contribution in [2.24, 2.45) is 11.8 Å². The summed E-state index contributed by atoms with van der Waals surface area (Å²) >= 11 is 5.83. The van der Waals surface area contributed by atoms with E-state index in [1.54, 1.807) is 19.1 Å². The molecule has 1 atom stereocenters. The summed E-state index contributed by atoms with van der Waals surface area (Å²) in [5.74, 6) is 0.00203. The standard InChI is InChI=1S/C23H34ClN3O4S/c1-17(23(29)27-14-4-2-3-5-15-27)26-22(28)19-8-6-18(7-9-19)16-25-32(30,31)21-12-10-20(24)11-13-21/h10-13,17-19,25H,2-9,14-16H2,1H3,(H,26,28)/t17-,18?,19?/m0/s1. The summed E-state index contributed by atoms with van der Waals surface area (Å²) in [7, 11) is -3.58. The molecular weight excluding hydrogens is 450 g/mol. The van der Waals surface area contributed by atoms with Crippen LogP contribution in [0.5, 0.6) is 0 Å². The minimum Gasteiger partial charge on any atom is -0.344 e. The van der Waals surface area contributed by atoms with E-state index in [-0.39, 0.29) is 28.5 Å². The molecule has 0 radical (unpaired) electrons. The molecular formula is C23H34ClN3O4S. The van der Waals surface area contributed by atoms with Gasteiger partial charge in [0.15, 0.2) is 0 Å². The predicted molar refractivity (Wildman–Crippen MR) is 125 cm³/mol. The summed E-state index contributed by atoms with van der Waals surface area (Å²) < 4.78 is 27.6. The van der Waals surface area contributed by atoms with Gasteiger partial charge in [-0.15, -0.1) is 0 Å². The summed E-state index contributed by atoms with van der Waals surface area (Å²) in [5.41, 5.74) is 0. The molecule has 1 aliphatic carbocycles. The van der Waals surface area contributed by atoms with Crippen molar-refractivity contribution >= 4 is 33.4 Å². The topological polar surface area (TPSA) is 95.6 Å². The SMILES string of the molecule is C[C@H](NC(=O)C1CCC(CNS(=O)(=O)c2ccc(Cl)cc2)CC1)C(=O)N1CCCCCC1. The lowest BCUT2D eigenvalue weighted by Crippen LogP contribution is -2.49. The highest BCUT2D eigenvalue weighted by Crippen LogP contribution is 2.29. The van der Waals surface area contributed by atoms with E-state index in [1.165, 1.54) is 12.1 Å². The number of hydrogen-bond donors (Lipinski definition) is 2. The first-order chi connectivity index (χ1) is 15.3. The van der Waals surface area contributed by atoms with Gasteiger partial charge in [0.2, 0.25) is 21.8 Å². The molecule has 1 aliphatic heterocycles. The van der Waals surface area contributed by atoms with E-state index in [9.17, 15) is 18.0 Å². The van der Waals surface area contributed by atoms with Gasteiger partial charge in [-0.2, -0.15) is 0 Å². The number of carbonyl (C=O) groups is 2. The summed E-state index contributed by atoms with van der Waals surface area (Å²) in [6.07, 6.45) is 7.31. The zero-order valence-electron chi connectivity index (χ0n) is 18.7. The highest BCUT2D eigenvalue weighted by Gasteiger charge is 2.30. The van der Waals surface area contributed by atoms with Crippen molar-refractivity contribution in [3.05, 3.63) is 29.3 Å². The van der Waals surface area contributed by atoms with Crippen LogP contribution in [0.25, 0.3) is 0 Å². The summed E-state index contributed by atoms with van der Waals surface area (Å²) in [6, 6.07) is 5.57. The maximum absolute atomic E-state index is 12.7. The van der Waals surface area contributed by atoms with Gasteiger partial charge in [-0.1, -0.05) is 24.4 Å². The van der Waals surface area contributed by atoms with Crippen molar-refractivity contribution < 1.29 is 18.0 Å². The molecule has 2 N–H and O–H groups in total. The molecule has 1 aromatic rings. The predicted octanol–water partition coefficient (Wildman–Crippen LogP) is 3.33. The Balaban J connectivity index is 1.42. The summed E-state index contributed by atoms with van der Waals surface area (Å²) in [6.45, 7) is 3.66. The molecule has 2 amide bonds. The van der Waals surface area contributed by atoms with Gasteiger partial charge in [0.05, 0.1) is 4.90 Å². The molecule has 1 saturated heterocycles. The van der Waals surface area contributed by atoms with Gasteiger partial charge in [0, 0.05) is 30.6 Å². The average Bonchev–Trinajstić information content (AvgIpc) is 3.07. The average molecular weight is 484 g/mol. The lowest BCUT2D eigenvalue weighted by atomic mass is 9.81. The van der Waals surface area contributed by atoms with Gasteiger partial charge in [-0.3, -0.25) is 9.59 Å². The number of nitrogens with one attached hydrogen (secondary N) is 2. The Hall–Kier alpha value is -1.64. The highest BCUT2D eigenvalue weighted by molar-refractivity contribution is 7.89. The van der Waals surface area contributed by atoms with E-state index < -0.39 is 16.1 Å². The van der Waals surface area contributed by atoms with E-state index in [0.29, 0.717) is 24.4 Å². The van der Waals surface area contributed by atoms with Crippen LogP contribution >= 0.6 is 11.6 Å². The van der Waals surface area contributed by atoms with Crippen LogP contribution in [-0.2, 0) is 19.6 Å². The maximum Gasteiger partial charge on any atom is 0.244 e. The number of halogens is 1. The van der Waals surface area contributed by atoms with Crippen molar-refractivity contribution in [3.63, 3.8) is 0 Å². The van der Waals surface area contributed by atoms with Crippen LogP contribution in [0.1, 0.15) is 58.3 Å². The molecule has 2 fully saturated rings. The van der Waals surface area contributed by atoms with Crippen LogP contribution in [0.3, 0.4) is 0 Å². The Morgan fingerprint density at radius 1 is 1.03 bits per heavy atom. The Morgan fingerprint density at radius 3 is 2.22 bits per heavy atom. The minimum absolute atomic E-state index is 0.00513. The Bertz CT molecular complexity index is 875. The van der Waals surface area contributed by atoms with Crippen molar-refractivity contribution in [1.29, 1.82) is 0 Å². The monoisotopic (exact) mass is 483 g/mol. The normalized spacial score (nSPS) is 23.2. The first kappa shape index (κ1) is 25.0. The van der Waals surface area contributed by atoms with Gasteiger partial charge in [-0.25, -0.2) is 13.1 Å². The van der Waals surface area contributed by atoms with Crippen molar-refractivity contribution in [3.8, 4) is 0 Å². The van der Waals surface area contributed by atoms with E-state index in [0.717, 1.165) is 51.6 Å². The van der Waals surface area contributed by atoms with Crippen LogP contribution in [0.4, 0.5) is 0 Å². The number of sulfonamides is 1. The first-order valence-corrected chi connectivity index (χ1v) is 13.5. The maximum atomic E-state index is 12.7. The fourth-order valence-electron chi connectivity index (χ4n) is 4.51. The largest absolute Gasteiger partial charge is 0.344 e. The van der Waals surface area contributed by atoms with Gasteiger partial charge in [-0.05, 0) is 75.6 Å². The molecule has 0 unspecified atom stereocenters.